The van der Waals surface area contributed by atoms with Gasteiger partial charge in [0.2, 0.25) is 0 Å². The minimum atomic E-state index is -4.44. The third-order valence-electron chi connectivity index (χ3n) is 13.3. The number of nitrogen functional groups attached to an aromatic ring is 1. The van der Waals surface area contributed by atoms with Gasteiger partial charge in [-0.2, -0.15) is 26.3 Å². The lowest BCUT2D eigenvalue weighted by atomic mass is 9.85. The van der Waals surface area contributed by atoms with E-state index in [2.05, 4.69) is 31.2 Å². The van der Waals surface area contributed by atoms with Gasteiger partial charge in [-0.05, 0) is 150 Å². The highest BCUT2D eigenvalue weighted by molar-refractivity contribution is 5.99. The van der Waals surface area contributed by atoms with Crippen LogP contribution in [0.25, 0.3) is 11.1 Å². The molecule has 3 aliphatic carbocycles. The second kappa shape index (κ2) is 22.8. The molecule has 0 fully saturated rings. The monoisotopic (exact) mass is 985 g/mol. The summed E-state index contributed by atoms with van der Waals surface area (Å²) in [5.41, 5.74) is 16.8. The number of carbonyl (C=O) groups excluding carboxylic acids is 1. The number of anilines is 1. The lowest BCUT2D eigenvalue weighted by molar-refractivity contribution is -0.138. The largest absolute Gasteiger partial charge is 0.493 e. The van der Waals surface area contributed by atoms with Gasteiger partial charge >= 0.3 is 18.3 Å². The number of alkyl halides is 6. The summed E-state index contributed by atoms with van der Waals surface area (Å²) in [6.07, 6.45) is 1.43. The van der Waals surface area contributed by atoms with Crippen molar-refractivity contribution in [3.63, 3.8) is 0 Å². The maximum absolute atomic E-state index is 12.9. The van der Waals surface area contributed by atoms with Crippen LogP contribution in [-0.4, -0.2) is 63.7 Å². The molecule has 2 aliphatic heterocycles. The maximum Gasteiger partial charge on any atom is 0.416 e. The molecule has 376 valence electrons. The predicted molar refractivity (Wildman–Crippen MR) is 258 cm³/mol. The van der Waals surface area contributed by atoms with Crippen LogP contribution in [0, 0.1) is 6.92 Å². The van der Waals surface area contributed by atoms with E-state index >= 15 is 0 Å². The smallest absolute Gasteiger partial charge is 0.416 e. The van der Waals surface area contributed by atoms with Crippen LogP contribution in [0.4, 0.5) is 32.0 Å². The maximum atomic E-state index is 12.9. The van der Waals surface area contributed by atoms with Gasteiger partial charge in [0.15, 0.2) is 5.78 Å². The Hall–Kier alpha value is -6.42. The molecule has 0 aromatic heterocycles. The van der Waals surface area contributed by atoms with E-state index in [0.717, 1.165) is 104 Å². The Morgan fingerprint density at radius 1 is 0.606 bits per heavy atom. The quantitative estimate of drug-likeness (QED) is 0.0671. The molecule has 10 rings (SSSR count). The molecule has 5 aromatic carbocycles. The Balaban J connectivity index is 0.000000150. The summed E-state index contributed by atoms with van der Waals surface area (Å²) in [7, 11) is 0. The molecule has 6 N–H and O–H groups in total. The van der Waals surface area contributed by atoms with Crippen molar-refractivity contribution in [3.8, 4) is 11.5 Å². The number of aryl methyl sites for hydroxylation is 4. The Morgan fingerprint density at radius 2 is 1.06 bits per heavy atom. The van der Waals surface area contributed by atoms with Crippen molar-refractivity contribution in [2.45, 2.75) is 115 Å². The van der Waals surface area contributed by atoms with Crippen LogP contribution in [0.1, 0.15) is 98.9 Å². The minimum Gasteiger partial charge on any atom is -0.493 e. The lowest BCUT2D eigenvalue weighted by Gasteiger charge is -2.23. The number of hydrogen-bond donors (Lipinski definition) is 5. The van der Waals surface area contributed by atoms with Crippen molar-refractivity contribution in [2.75, 3.05) is 18.9 Å². The average Bonchev–Trinajstić information content (AvgIpc) is 3.32. The molecule has 0 amide bonds. The third kappa shape index (κ3) is 13.7. The van der Waals surface area contributed by atoms with E-state index < -0.39 is 29.4 Å². The van der Waals surface area contributed by atoms with Gasteiger partial charge in [-0.3, -0.25) is 4.79 Å². The number of hydrogen-bond acceptors (Lipinski definition) is 8. The molecular weight excluding hydrogens is 929 g/mol. The number of aliphatic hydroxyl groups is 3. The van der Waals surface area contributed by atoms with Crippen LogP contribution in [0.2, 0.25) is 0 Å². The van der Waals surface area contributed by atoms with E-state index in [4.69, 9.17) is 20.3 Å². The van der Waals surface area contributed by atoms with E-state index in [1.54, 1.807) is 0 Å². The molecule has 15 heteroatoms. The van der Waals surface area contributed by atoms with Crippen LogP contribution in [0.15, 0.2) is 103 Å². The number of aliphatic carboxylic acids is 1. The fourth-order valence-corrected chi connectivity index (χ4v) is 9.62. The number of carboxylic acids is 1. The van der Waals surface area contributed by atoms with E-state index in [-0.39, 0.29) is 55.2 Å². The highest BCUT2D eigenvalue weighted by atomic mass is 19.4. The van der Waals surface area contributed by atoms with E-state index in [1.807, 2.05) is 30.3 Å². The Bertz CT molecular complexity index is 2740. The molecule has 0 unspecified atom stereocenters. The van der Waals surface area contributed by atoms with Crippen molar-refractivity contribution < 1.29 is 65.8 Å². The molecule has 71 heavy (non-hydrogen) atoms. The summed E-state index contributed by atoms with van der Waals surface area (Å²) < 4.78 is 86.8. The summed E-state index contributed by atoms with van der Waals surface area (Å²) in [5, 5.41) is 37.6. The molecule has 0 saturated carbocycles. The second-order valence-corrected chi connectivity index (χ2v) is 18.4. The minimum absolute atomic E-state index is 0.0728. The van der Waals surface area contributed by atoms with Crippen LogP contribution in [-0.2, 0) is 66.9 Å². The first-order chi connectivity index (χ1) is 33.7. The predicted octanol–water partition coefficient (Wildman–Crippen LogP) is 10.5. The summed E-state index contributed by atoms with van der Waals surface area (Å²) >= 11 is 0. The fraction of sp³-hybridized carbons (Fsp3) is 0.357. The number of carboxylic acid groups (broad SMARTS) is 1. The van der Waals surface area contributed by atoms with Crippen molar-refractivity contribution in [1.82, 2.24) is 0 Å². The Morgan fingerprint density at radius 3 is 1.58 bits per heavy atom. The van der Waals surface area contributed by atoms with Crippen LogP contribution >= 0.6 is 0 Å². The summed E-state index contributed by atoms with van der Waals surface area (Å²) in [6.45, 7) is 2.53. The van der Waals surface area contributed by atoms with Crippen molar-refractivity contribution >= 4 is 28.6 Å². The molecule has 5 aromatic rings. The molecule has 5 aliphatic rings. The Labute approximate surface area is 408 Å². The number of ketones is 1. The number of aliphatic hydroxyl groups excluding tert-OH is 3. The van der Waals surface area contributed by atoms with Gasteiger partial charge in [0.1, 0.15) is 11.5 Å². The molecule has 0 saturated heterocycles. The zero-order chi connectivity index (χ0) is 51.0. The number of allylic oxidation sites excluding steroid dienone is 1. The zero-order valence-electron chi connectivity index (χ0n) is 39.2. The topological polar surface area (TPSA) is 160 Å². The van der Waals surface area contributed by atoms with Crippen molar-refractivity contribution in [3.05, 3.63) is 170 Å². The molecule has 0 spiro atoms. The first kappa shape index (κ1) is 52.4. The van der Waals surface area contributed by atoms with E-state index in [9.17, 15) is 51.3 Å². The SMILES string of the molecule is Cc1cccc2c1C[C@H](O)CC2.Nc1cccc2c1C[C@H](O)CC2.O=C(/C=C1\CCOc2cc(C(F)(F)F)ccc21)Cc1cccc2c1C[C@H](O)CC2.O=C(O)/C=C1\CCOc2cc(C(F)(F)F)ccc21. The van der Waals surface area contributed by atoms with Gasteiger partial charge in [0, 0.05) is 48.6 Å². The molecule has 2 heterocycles. The highest BCUT2D eigenvalue weighted by Gasteiger charge is 2.33. The van der Waals surface area contributed by atoms with Crippen LogP contribution in [0.3, 0.4) is 0 Å². The molecule has 0 bridgehead atoms. The number of halogens is 6. The van der Waals surface area contributed by atoms with Crippen LogP contribution in [0.5, 0.6) is 11.5 Å². The average molecular weight is 986 g/mol. The van der Waals surface area contributed by atoms with Gasteiger partial charge in [-0.25, -0.2) is 4.79 Å². The van der Waals surface area contributed by atoms with E-state index in [1.165, 1.54) is 46.0 Å². The standard InChI is InChI=1S/C23H21F3O3.C12H9F3O3.C11H14O.C10H13NO/c24-23(25,26)17-5-7-20-16(8-9-29-22(20)12-17)11-19(28)10-15-3-1-2-14-4-6-18(27)13-21(14)15;13-12(14,15)8-1-2-9-7(5-11(16)17)3-4-18-10(9)6-8;1-8-3-2-4-9-5-6-10(12)7-11(8)9;11-10-3-1-2-7-4-5-8(12)6-9(7)10/h1-3,5,7,11-12,18,27H,4,6,8-10,13H2;1-2,5-6H,3-4H2,(H,16,17);2-4,10,12H,5-7H2,1H3;1-3,8,12H,4-6,11H2/b16-11+;7-5+;;/t18-;;10-;8-/m1.11/s1. The van der Waals surface area contributed by atoms with Gasteiger partial charge in [0.05, 0.1) is 42.7 Å². The molecular formula is C56H57F6NO8. The molecule has 0 radical (unpaired) electrons. The third-order valence-corrected chi connectivity index (χ3v) is 13.3. The first-order valence-electron chi connectivity index (χ1n) is 23.7. The number of ether oxygens (including phenoxy) is 2. The zero-order valence-corrected chi connectivity index (χ0v) is 39.2. The van der Waals surface area contributed by atoms with Gasteiger partial charge in [0.25, 0.3) is 0 Å². The summed E-state index contributed by atoms with van der Waals surface area (Å²) in [5.74, 6) is -1.01. The number of carbonyl (C=O) groups is 2. The van der Waals surface area contributed by atoms with Gasteiger partial charge in [-0.1, -0.05) is 60.7 Å². The highest BCUT2D eigenvalue weighted by Crippen LogP contribution is 2.40. The first-order valence-corrected chi connectivity index (χ1v) is 23.7. The van der Waals surface area contributed by atoms with Crippen LogP contribution < -0.4 is 15.2 Å². The van der Waals surface area contributed by atoms with Crippen molar-refractivity contribution in [2.24, 2.45) is 0 Å². The van der Waals surface area contributed by atoms with E-state index in [0.29, 0.717) is 41.5 Å². The second-order valence-electron chi connectivity index (χ2n) is 18.4. The summed E-state index contributed by atoms with van der Waals surface area (Å²) in [4.78, 5) is 23.3. The normalized spacial score (nSPS) is 19.9. The van der Waals surface area contributed by atoms with Gasteiger partial charge < -0.3 is 35.6 Å². The van der Waals surface area contributed by atoms with Crippen molar-refractivity contribution in [1.29, 1.82) is 0 Å². The number of fused-ring (bicyclic) bond motifs is 5. The molecule has 9 nitrogen and oxygen atoms in total. The van der Waals surface area contributed by atoms with Gasteiger partial charge in [-0.15, -0.1) is 0 Å². The lowest BCUT2D eigenvalue weighted by Crippen LogP contribution is -2.20. The fourth-order valence-electron chi connectivity index (χ4n) is 9.62. The Kier molecular flexibility index (Phi) is 16.8. The number of benzene rings is 5. The number of nitrogens with two attached hydrogens (primary N) is 1. The summed E-state index contributed by atoms with van der Waals surface area (Å²) in [6, 6.07) is 24.7. The number of rotatable bonds is 4. The molecule has 3 atom stereocenters.